The summed E-state index contributed by atoms with van der Waals surface area (Å²) >= 11 is 0. The van der Waals surface area contributed by atoms with E-state index in [1.165, 1.54) is 30.3 Å². The number of aromatic carboxylic acids is 1. The zero-order valence-electron chi connectivity index (χ0n) is 9.18. The van der Waals surface area contributed by atoms with Gasteiger partial charge in [-0.05, 0) is 35.7 Å². The van der Waals surface area contributed by atoms with Gasteiger partial charge in [0.1, 0.15) is 5.75 Å². The normalized spacial score (nSPS) is 10.3. The van der Waals surface area contributed by atoms with Crippen LogP contribution >= 0.6 is 0 Å². The molecule has 0 saturated carbocycles. The van der Waals surface area contributed by atoms with Crippen LogP contribution in [0.15, 0.2) is 30.3 Å². The van der Waals surface area contributed by atoms with Crippen LogP contribution in [0.5, 0.6) is 5.75 Å². The van der Waals surface area contributed by atoms with E-state index in [1.807, 2.05) is 5.43 Å². The second-order valence-corrected chi connectivity index (χ2v) is 3.71. The number of fused-ring (bicyclic) bond motifs is 1. The summed E-state index contributed by atoms with van der Waals surface area (Å²) in [5.41, 5.74) is 2.18. The molecule has 18 heavy (non-hydrogen) atoms. The standard InChI is InChI=1S/C12H10N2O4/c13-14-11(16)8-4-7-3-6(12(17)18)1-2-9(7)10(15)5-8/h1-5,15H,13H2,(H,14,16)(H,17,18). The molecule has 0 heterocycles. The molecule has 0 bridgehead atoms. The Bertz CT molecular complexity index is 652. The van der Waals surface area contributed by atoms with Gasteiger partial charge < -0.3 is 10.2 Å². The van der Waals surface area contributed by atoms with Crippen molar-refractivity contribution < 1.29 is 19.8 Å². The lowest BCUT2D eigenvalue weighted by Crippen LogP contribution is -2.29. The van der Waals surface area contributed by atoms with Crippen LogP contribution in [0, 0.1) is 0 Å². The first-order chi connectivity index (χ1) is 8.52. The molecule has 92 valence electrons. The number of hydrogen-bond donors (Lipinski definition) is 4. The minimum Gasteiger partial charge on any atom is -0.507 e. The van der Waals surface area contributed by atoms with Gasteiger partial charge in [-0.3, -0.25) is 10.2 Å². The number of nitrogens with one attached hydrogen (secondary N) is 1. The van der Waals surface area contributed by atoms with Gasteiger partial charge in [0.05, 0.1) is 5.56 Å². The van der Waals surface area contributed by atoms with Crippen LogP contribution in [0.25, 0.3) is 10.8 Å². The number of phenolic OH excluding ortho intramolecular Hbond substituents is 1. The van der Waals surface area contributed by atoms with Gasteiger partial charge in [0.15, 0.2) is 0 Å². The van der Waals surface area contributed by atoms with Crippen LogP contribution in [0.3, 0.4) is 0 Å². The second kappa shape index (κ2) is 4.34. The highest BCUT2D eigenvalue weighted by Gasteiger charge is 2.11. The zero-order chi connectivity index (χ0) is 13.3. The van der Waals surface area contributed by atoms with Crippen molar-refractivity contribution >= 4 is 22.6 Å². The Morgan fingerprint density at radius 3 is 2.39 bits per heavy atom. The first-order valence-corrected chi connectivity index (χ1v) is 5.04. The van der Waals surface area contributed by atoms with Crippen molar-refractivity contribution in [2.24, 2.45) is 5.84 Å². The predicted molar refractivity (Wildman–Crippen MR) is 64.2 cm³/mol. The number of hydrazine groups is 1. The van der Waals surface area contributed by atoms with Gasteiger partial charge in [-0.1, -0.05) is 0 Å². The average Bonchev–Trinajstić information content (AvgIpc) is 2.36. The fraction of sp³-hybridized carbons (Fsp3) is 0. The van der Waals surface area contributed by atoms with Crippen molar-refractivity contribution in [2.75, 3.05) is 0 Å². The first-order valence-electron chi connectivity index (χ1n) is 5.04. The number of amides is 1. The lowest BCUT2D eigenvalue weighted by Gasteiger charge is -2.06. The number of phenols is 1. The molecule has 6 heteroatoms. The highest BCUT2D eigenvalue weighted by Crippen LogP contribution is 2.27. The number of carbonyl (C=O) groups excluding carboxylic acids is 1. The van der Waals surface area contributed by atoms with Crippen molar-refractivity contribution in [3.8, 4) is 5.75 Å². The summed E-state index contributed by atoms with van der Waals surface area (Å²) < 4.78 is 0. The minimum atomic E-state index is -1.08. The van der Waals surface area contributed by atoms with Crippen LogP contribution in [0.2, 0.25) is 0 Å². The van der Waals surface area contributed by atoms with Gasteiger partial charge >= 0.3 is 5.97 Å². The molecular weight excluding hydrogens is 236 g/mol. The van der Waals surface area contributed by atoms with Gasteiger partial charge in [0.2, 0.25) is 0 Å². The van der Waals surface area contributed by atoms with Gasteiger partial charge in [0.25, 0.3) is 5.91 Å². The summed E-state index contributed by atoms with van der Waals surface area (Å²) in [6.45, 7) is 0. The average molecular weight is 246 g/mol. The van der Waals surface area contributed by atoms with Gasteiger partial charge in [-0.25, -0.2) is 10.6 Å². The van der Waals surface area contributed by atoms with Crippen LogP contribution < -0.4 is 11.3 Å². The van der Waals surface area contributed by atoms with Crippen molar-refractivity contribution in [1.29, 1.82) is 0 Å². The molecule has 0 aliphatic rings. The third-order valence-electron chi connectivity index (χ3n) is 2.57. The Hall–Kier alpha value is -2.60. The van der Waals surface area contributed by atoms with E-state index in [-0.39, 0.29) is 16.9 Å². The molecule has 0 spiro atoms. The summed E-state index contributed by atoms with van der Waals surface area (Å²) in [6, 6.07) is 6.98. The second-order valence-electron chi connectivity index (χ2n) is 3.71. The fourth-order valence-corrected chi connectivity index (χ4v) is 1.70. The highest BCUT2D eigenvalue weighted by molar-refractivity contribution is 6.02. The Morgan fingerprint density at radius 2 is 1.78 bits per heavy atom. The Labute approximate surface area is 102 Å². The number of carbonyl (C=O) groups is 2. The summed E-state index contributed by atoms with van der Waals surface area (Å²) in [5, 5.41) is 19.6. The Morgan fingerprint density at radius 1 is 1.11 bits per heavy atom. The Kier molecular flexibility index (Phi) is 2.86. The number of aromatic hydroxyl groups is 1. The third-order valence-corrected chi connectivity index (χ3v) is 2.57. The maximum absolute atomic E-state index is 11.4. The summed E-state index contributed by atoms with van der Waals surface area (Å²) in [6.07, 6.45) is 0. The first kappa shape index (κ1) is 11.9. The monoisotopic (exact) mass is 246 g/mol. The molecule has 2 aromatic rings. The fourth-order valence-electron chi connectivity index (χ4n) is 1.70. The molecule has 1 amide bonds. The summed E-state index contributed by atoms with van der Waals surface area (Å²) in [7, 11) is 0. The predicted octanol–water partition coefficient (Wildman–Crippen LogP) is 0.847. The summed E-state index contributed by atoms with van der Waals surface area (Å²) in [4.78, 5) is 22.2. The number of nitrogen functional groups attached to an aromatic ring is 1. The molecule has 0 aromatic heterocycles. The van der Waals surface area contributed by atoms with Crippen molar-refractivity contribution in [1.82, 2.24) is 5.43 Å². The van der Waals surface area contributed by atoms with E-state index in [0.29, 0.717) is 10.8 Å². The molecule has 2 aromatic carbocycles. The smallest absolute Gasteiger partial charge is 0.335 e. The SMILES string of the molecule is NNC(=O)c1cc(O)c2ccc(C(=O)O)cc2c1. The number of nitrogens with two attached hydrogens (primary N) is 1. The van der Waals surface area contributed by atoms with Crippen molar-refractivity contribution in [2.45, 2.75) is 0 Å². The molecule has 0 saturated heterocycles. The number of carboxylic acid groups (broad SMARTS) is 1. The van der Waals surface area contributed by atoms with Crippen LogP contribution in [0.1, 0.15) is 20.7 Å². The molecule has 0 aliphatic heterocycles. The molecule has 6 nitrogen and oxygen atoms in total. The van der Waals surface area contributed by atoms with Gasteiger partial charge in [-0.15, -0.1) is 0 Å². The maximum atomic E-state index is 11.4. The lowest BCUT2D eigenvalue weighted by molar-refractivity contribution is 0.0696. The van der Waals surface area contributed by atoms with E-state index in [0.717, 1.165) is 0 Å². The Balaban J connectivity index is 2.68. The van der Waals surface area contributed by atoms with Gasteiger partial charge in [-0.2, -0.15) is 0 Å². The summed E-state index contributed by atoms with van der Waals surface area (Å²) in [5.74, 6) is 3.25. The van der Waals surface area contributed by atoms with E-state index >= 15 is 0 Å². The maximum Gasteiger partial charge on any atom is 0.335 e. The quantitative estimate of drug-likeness (QED) is 0.356. The minimum absolute atomic E-state index is 0.0761. The van der Waals surface area contributed by atoms with Crippen LogP contribution in [0.4, 0.5) is 0 Å². The van der Waals surface area contributed by atoms with Gasteiger partial charge in [0, 0.05) is 10.9 Å². The number of benzene rings is 2. The molecule has 2 rings (SSSR count). The van der Waals surface area contributed by atoms with E-state index in [1.54, 1.807) is 0 Å². The van der Waals surface area contributed by atoms with E-state index in [2.05, 4.69) is 0 Å². The molecule has 0 unspecified atom stereocenters. The number of hydrogen-bond acceptors (Lipinski definition) is 4. The number of rotatable bonds is 2. The lowest BCUT2D eigenvalue weighted by atomic mass is 10.0. The molecule has 0 fully saturated rings. The largest absolute Gasteiger partial charge is 0.507 e. The van der Waals surface area contributed by atoms with Crippen molar-refractivity contribution in [3.63, 3.8) is 0 Å². The third kappa shape index (κ3) is 1.96. The molecule has 5 N–H and O–H groups in total. The zero-order valence-corrected chi connectivity index (χ0v) is 9.18. The molecular formula is C12H10N2O4. The molecule has 0 atom stereocenters. The highest BCUT2D eigenvalue weighted by atomic mass is 16.4. The molecule has 0 aliphatic carbocycles. The van der Waals surface area contributed by atoms with Crippen LogP contribution in [-0.4, -0.2) is 22.1 Å². The van der Waals surface area contributed by atoms with E-state index in [4.69, 9.17) is 10.9 Å². The number of carboxylic acids is 1. The molecule has 0 radical (unpaired) electrons. The topological polar surface area (TPSA) is 113 Å². The van der Waals surface area contributed by atoms with E-state index < -0.39 is 11.9 Å². The van der Waals surface area contributed by atoms with Crippen LogP contribution in [-0.2, 0) is 0 Å². The van der Waals surface area contributed by atoms with Crippen molar-refractivity contribution in [3.05, 3.63) is 41.5 Å². The van der Waals surface area contributed by atoms with E-state index in [9.17, 15) is 14.7 Å².